The van der Waals surface area contributed by atoms with Crippen molar-refractivity contribution >= 4 is 22.6 Å². The Labute approximate surface area is 76.7 Å². The van der Waals surface area contributed by atoms with Crippen LogP contribution in [0.1, 0.15) is 5.56 Å². The summed E-state index contributed by atoms with van der Waals surface area (Å²) in [6.07, 6.45) is 0. The van der Waals surface area contributed by atoms with Crippen molar-refractivity contribution in [3.05, 3.63) is 32.9 Å². The minimum atomic E-state index is -0.448. The molecule has 0 amide bonds. The molecule has 0 saturated carbocycles. The third-order valence-corrected chi connectivity index (χ3v) is 2.07. The van der Waals surface area contributed by atoms with E-state index < -0.39 is 11.6 Å². The van der Waals surface area contributed by atoms with E-state index in [0.717, 1.165) is 12.1 Å². The van der Waals surface area contributed by atoms with Crippen LogP contribution in [0.5, 0.6) is 0 Å². The minimum Gasteiger partial charge on any atom is -0.326 e. The van der Waals surface area contributed by atoms with Crippen LogP contribution in [0, 0.1) is 15.2 Å². The molecule has 1 aromatic carbocycles. The average Bonchev–Trinajstić information content (AvgIpc) is 1.96. The van der Waals surface area contributed by atoms with Gasteiger partial charge in [-0.25, -0.2) is 8.78 Å². The van der Waals surface area contributed by atoms with Gasteiger partial charge in [-0.2, -0.15) is 0 Å². The number of hydrogen-bond donors (Lipinski definition) is 1. The van der Waals surface area contributed by atoms with Crippen LogP contribution in [0.4, 0.5) is 8.78 Å². The van der Waals surface area contributed by atoms with Crippen LogP contribution in [-0.2, 0) is 6.54 Å². The van der Waals surface area contributed by atoms with E-state index in [1.54, 1.807) is 22.6 Å². The molecule has 0 aromatic heterocycles. The van der Waals surface area contributed by atoms with Gasteiger partial charge in [0.2, 0.25) is 0 Å². The van der Waals surface area contributed by atoms with Crippen LogP contribution in [0.3, 0.4) is 0 Å². The Bertz CT molecular complexity index is 275. The van der Waals surface area contributed by atoms with Gasteiger partial charge in [-0.15, -0.1) is 0 Å². The molecule has 0 aliphatic rings. The van der Waals surface area contributed by atoms with E-state index in [1.165, 1.54) is 0 Å². The van der Waals surface area contributed by atoms with Crippen molar-refractivity contribution in [2.24, 2.45) is 5.73 Å². The van der Waals surface area contributed by atoms with Crippen LogP contribution in [0.25, 0.3) is 0 Å². The molecule has 1 aromatic rings. The summed E-state index contributed by atoms with van der Waals surface area (Å²) in [6, 6.07) is 2.24. The van der Waals surface area contributed by atoms with Crippen molar-refractivity contribution in [3.8, 4) is 0 Å². The van der Waals surface area contributed by atoms with Crippen LogP contribution in [-0.4, -0.2) is 0 Å². The van der Waals surface area contributed by atoms with Crippen LogP contribution in [0.15, 0.2) is 12.1 Å². The Morgan fingerprint density at radius 1 is 1.36 bits per heavy atom. The molecule has 0 aliphatic heterocycles. The third kappa shape index (κ3) is 1.87. The van der Waals surface area contributed by atoms with Crippen LogP contribution >= 0.6 is 22.6 Å². The molecule has 0 aliphatic carbocycles. The molecular formula is C7H6F2IN. The predicted molar refractivity (Wildman–Crippen MR) is 47.0 cm³/mol. The van der Waals surface area contributed by atoms with Crippen LogP contribution in [0.2, 0.25) is 0 Å². The van der Waals surface area contributed by atoms with Crippen LogP contribution < -0.4 is 5.73 Å². The summed E-state index contributed by atoms with van der Waals surface area (Å²) >= 11 is 1.73. The lowest BCUT2D eigenvalue weighted by Crippen LogP contribution is -2.02. The Hall–Kier alpha value is -0.230. The molecular weight excluding hydrogens is 263 g/mol. The molecule has 2 N–H and O–H groups in total. The first-order valence-corrected chi connectivity index (χ1v) is 4.06. The molecule has 0 bridgehead atoms. The summed E-state index contributed by atoms with van der Waals surface area (Å²) in [6.45, 7) is 0.0274. The van der Waals surface area contributed by atoms with Gasteiger partial charge in [-0.05, 0) is 34.7 Å². The van der Waals surface area contributed by atoms with E-state index in [-0.39, 0.29) is 15.7 Å². The lowest BCUT2D eigenvalue weighted by molar-refractivity contribution is 0.579. The van der Waals surface area contributed by atoms with Crippen molar-refractivity contribution in [3.63, 3.8) is 0 Å². The monoisotopic (exact) mass is 269 g/mol. The fourth-order valence-corrected chi connectivity index (χ4v) is 1.40. The second-order valence-electron chi connectivity index (χ2n) is 2.06. The number of halogens is 3. The summed E-state index contributed by atoms with van der Waals surface area (Å²) in [5.74, 6) is -0.870. The second-order valence-corrected chi connectivity index (χ2v) is 3.23. The normalized spacial score (nSPS) is 10.2. The van der Waals surface area contributed by atoms with Gasteiger partial charge in [0.1, 0.15) is 11.6 Å². The summed E-state index contributed by atoms with van der Waals surface area (Å²) in [5.41, 5.74) is 5.40. The maximum absolute atomic E-state index is 12.9. The van der Waals surface area contributed by atoms with Gasteiger partial charge in [-0.3, -0.25) is 0 Å². The highest BCUT2D eigenvalue weighted by molar-refractivity contribution is 14.1. The second kappa shape index (κ2) is 3.44. The fourth-order valence-electron chi connectivity index (χ4n) is 0.758. The molecule has 0 saturated heterocycles. The van der Waals surface area contributed by atoms with Gasteiger partial charge >= 0.3 is 0 Å². The average molecular weight is 269 g/mol. The number of nitrogens with two attached hydrogens (primary N) is 1. The molecule has 4 heteroatoms. The lowest BCUT2D eigenvalue weighted by Gasteiger charge is -2.01. The molecule has 0 atom stereocenters. The lowest BCUT2D eigenvalue weighted by atomic mass is 10.2. The van der Waals surface area contributed by atoms with Gasteiger partial charge < -0.3 is 5.73 Å². The zero-order valence-corrected chi connectivity index (χ0v) is 7.73. The summed E-state index contributed by atoms with van der Waals surface area (Å²) in [4.78, 5) is 0. The maximum Gasteiger partial charge on any atom is 0.141 e. The Morgan fingerprint density at radius 3 is 2.55 bits per heavy atom. The Kier molecular flexibility index (Phi) is 2.78. The zero-order valence-electron chi connectivity index (χ0n) is 5.57. The fraction of sp³-hybridized carbons (Fsp3) is 0.143. The smallest absolute Gasteiger partial charge is 0.141 e. The molecule has 11 heavy (non-hydrogen) atoms. The zero-order chi connectivity index (χ0) is 8.43. The molecule has 0 spiro atoms. The summed E-state index contributed by atoms with van der Waals surface area (Å²) < 4.78 is 25.8. The largest absolute Gasteiger partial charge is 0.326 e. The van der Waals surface area contributed by atoms with E-state index in [0.29, 0.717) is 0 Å². The van der Waals surface area contributed by atoms with Crippen molar-refractivity contribution in [1.82, 2.24) is 0 Å². The van der Waals surface area contributed by atoms with E-state index in [4.69, 9.17) is 5.73 Å². The standard InChI is InChI=1S/C7H6F2IN/c8-5-1-4(3-11)7(9)6(10)2-5/h1-2H,3,11H2. The van der Waals surface area contributed by atoms with E-state index in [1.807, 2.05) is 0 Å². The third-order valence-electron chi connectivity index (χ3n) is 1.29. The molecule has 60 valence electrons. The van der Waals surface area contributed by atoms with E-state index >= 15 is 0 Å². The Morgan fingerprint density at radius 2 is 2.00 bits per heavy atom. The molecule has 0 heterocycles. The molecule has 1 nitrogen and oxygen atoms in total. The first kappa shape index (κ1) is 8.86. The van der Waals surface area contributed by atoms with Crippen molar-refractivity contribution in [2.75, 3.05) is 0 Å². The highest BCUT2D eigenvalue weighted by atomic mass is 127. The maximum atomic E-state index is 12.9. The molecule has 0 unspecified atom stereocenters. The quantitative estimate of drug-likeness (QED) is 0.612. The van der Waals surface area contributed by atoms with Gasteiger partial charge in [0.25, 0.3) is 0 Å². The predicted octanol–water partition coefficient (Wildman–Crippen LogP) is 2.03. The SMILES string of the molecule is NCc1cc(F)cc(I)c1F. The molecule has 1 rings (SSSR count). The van der Waals surface area contributed by atoms with Gasteiger partial charge in [-0.1, -0.05) is 0 Å². The van der Waals surface area contributed by atoms with E-state index in [2.05, 4.69) is 0 Å². The van der Waals surface area contributed by atoms with Crippen molar-refractivity contribution < 1.29 is 8.78 Å². The summed E-state index contributed by atoms with van der Waals surface area (Å²) in [5, 5.41) is 0. The molecule has 0 radical (unpaired) electrons. The minimum absolute atomic E-state index is 0.0274. The van der Waals surface area contributed by atoms with Crippen molar-refractivity contribution in [2.45, 2.75) is 6.54 Å². The Balaban J connectivity index is 3.24. The first-order chi connectivity index (χ1) is 5.15. The highest BCUT2D eigenvalue weighted by Gasteiger charge is 2.06. The van der Waals surface area contributed by atoms with E-state index in [9.17, 15) is 8.78 Å². The summed E-state index contributed by atoms with van der Waals surface area (Å²) in [7, 11) is 0. The van der Waals surface area contributed by atoms with Crippen molar-refractivity contribution in [1.29, 1.82) is 0 Å². The topological polar surface area (TPSA) is 26.0 Å². The molecule has 0 fully saturated rings. The number of hydrogen-bond acceptors (Lipinski definition) is 1. The van der Waals surface area contributed by atoms with Gasteiger partial charge in [0.15, 0.2) is 0 Å². The first-order valence-electron chi connectivity index (χ1n) is 2.98. The highest BCUT2D eigenvalue weighted by Crippen LogP contribution is 2.16. The van der Waals surface area contributed by atoms with Gasteiger partial charge in [0, 0.05) is 12.1 Å². The number of rotatable bonds is 1. The van der Waals surface area contributed by atoms with Gasteiger partial charge in [0.05, 0.1) is 3.57 Å². The number of benzene rings is 1.